The van der Waals surface area contributed by atoms with E-state index in [1.54, 1.807) is 11.9 Å². The molecule has 106 valence electrons. The second kappa shape index (κ2) is 7.09. The van der Waals surface area contributed by atoms with E-state index in [2.05, 4.69) is 4.72 Å². The quantitative estimate of drug-likeness (QED) is 0.786. The fourth-order valence-corrected chi connectivity index (χ4v) is 2.78. The van der Waals surface area contributed by atoms with E-state index in [0.29, 0.717) is 18.9 Å². The molecule has 1 N–H and O–H groups in total. The van der Waals surface area contributed by atoms with Crippen molar-refractivity contribution in [3.05, 3.63) is 0 Å². The Morgan fingerprint density at radius 2 is 1.89 bits per heavy atom. The molecule has 1 rings (SSSR count). The average Bonchev–Trinajstić information content (AvgIpc) is 2.28. The van der Waals surface area contributed by atoms with Crippen molar-refractivity contribution in [3.8, 4) is 0 Å². The van der Waals surface area contributed by atoms with Gasteiger partial charge in [0.25, 0.3) is 0 Å². The molecule has 1 aliphatic carbocycles. The molecule has 0 radical (unpaired) electrons. The van der Waals surface area contributed by atoms with Crippen LogP contribution in [0.5, 0.6) is 0 Å². The molecule has 0 atom stereocenters. The Hall–Kier alpha value is -0.620. The molecular weight excluding hydrogens is 252 g/mol. The van der Waals surface area contributed by atoms with E-state index in [-0.39, 0.29) is 12.5 Å². The molecular formula is C12H24N2O3S. The molecule has 0 aliphatic heterocycles. The van der Waals surface area contributed by atoms with Gasteiger partial charge in [0, 0.05) is 26.6 Å². The van der Waals surface area contributed by atoms with Gasteiger partial charge in [-0.15, -0.1) is 0 Å². The maximum Gasteiger partial charge on any atom is 0.222 e. The molecule has 6 heteroatoms. The second-order valence-corrected chi connectivity index (χ2v) is 7.02. The summed E-state index contributed by atoms with van der Waals surface area (Å²) < 4.78 is 24.2. The Balaban J connectivity index is 2.23. The monoisotopic (exact) mass is 276 g/mol. The van der Waals surface area contributed by atoms with Gasteiger partial charge in [0.2, 0.25) is 15.9 Å². The molecule has 0 bridgehead atoms. The topological polar surface area (TPSA) is 66.5 Å². The summed E-state index contributed by atoms with van der Waals surface area (Å²) in [6.45, 7) is 0.713. The SMILES string of the molecule is CN(CCNS(C)(=O)=O)C(=O)CC1CCCCC1. The van der Waals surface area contributed by atoms with E-state index in [1.165, 1.54) is 19.3 Å². The zero-order chi connectivity index (χ0) is 13.6. The highest BCUT2D eigenvalue weighted by atomic mass is 32.2. The molecule has 1 fully saturated rings. The smallest absolute Gasteiger partial charge is 0.222 e. The van der Waals surface area contributed by atoms with Crippen LogP contribution in [0.2, 0.25) is 0 Å². The minimum Gasteiger partial charge on any atom is -0.344 e. The molecule has 0 unspecified atom stereocenters. The van der Waals surface area contributed by atoms with Crippen molar-refractivity contribution in [2.75, 3.05) is 26.4 Å². The van der Waals surface area contributed by atoms with E-state index in [4.69, 9.17) is 0 Å². The van der Waals surface area contributed by atoms with E-state index >= 15 is 0 Å². The number of amides is 1. The molecule has 18 heavy (non-hydrogen) atoms. The zero-order valence-corrected chi connectivity index (χ0v) is 12.1. The van der Waals surface area contributed by atoms with Crippen LogP contribution in [0.4, 0.5) is 0 Å². The zero-order valence-electron chi connectivity index (χ0n) is 11.3. The molecule has 1 saturated carbocycles. The number of hydrogen-bond donors (Lipinski definition) is 1. The molecule has 0 aromatic carbocycles. The third-order valence-electron chi connectivity index (χ3n) is 3.43. The number of carbonyl (C=O) groups excluding carboxylic acids is 1. The third-order valence-corrected chi connectivity index (χ3v) is 4.15. The summed E-state index contributed by atoms with van der Waals surface area (Å²) in [6.07, 6.45) is 7.79. The van der Waals surface area contributed by atoms with Crippen LogP contribution >= 0.6 is 0 Å². The van der Waals surface area contributed by atoms with Crippen molar-refractivity contribution in [1.29, 1.82) is 0 Å². The van der Waals surface area contributed by atoms with Gasteiger partial charge >= 0.3 is 0 Å². The lowest BCUT2D eigenvalue weighted by molar-refractivity contribution is -0.131. The van der Waals surface area contributed by atoms with Crippen LogP contribution in [0.1, 0.15) is 38.5 Å². The van der Waals surface area contributed by atoms with Gasteiger partial charge in [-0.05, 0) is 18.8 Å². The molecule has 1 aliphatic rings. The molecule has 5 nitrogen and oxygen atoms in total. The first-order chi connectivity index (χ1) is 8.38. The Bertz CT molecular complexity index is 362. The Kier molecular flexibility index (Phi) is 6.08. The van der Waals surface area contributed by atoms with Crippen LogP contribution in [0.25, 0.3) is 0 Å². The highest BCUT2D eigenvalue weighted by Crippen LogP contribution is 2.26. The summed E-state index contributed by atoms with van der Waals surface area (Å²) in [5.41, 5.74) is 0. The lowest BCUT2D eigenvalue weighted by Crippen LogP contribution is -2.36. The summed E-state index contributed by atoms with van der Waals surface area (Å²) in [7, 11) is -1.43. The summed E-state index contributed by atoms with van der Waals surface area (Å²) in [5.74, 6) is 0.647. The fraction of sp³-hybridized carbons (Fsp3) is 0.917. The number of sulfonamides is 1. The van der Waals surface area contributed by atoms with Crippen LogP contribution in [-0.2, 0) is 14.8 Å². The fourth-order valence-electron chi connectivity index (χ4n) is 2.32. The first kappa shape index (κ1) is 15.4. The van der Waals surface area contributed by atoms with Crippen LogP contribution in [-0.4, -0.2) is 45.6 Å². The van der Waals surface area contributed by atoms with Gasteiger partial charge in [-0.25, -0.2) is 13.1 Å². The van der Waals surface area contributed by atoms with Gasteiger partial charge in [0.1, 0.15) is 0 Å². The Morgan fingerprint density at radius 3 is 2.44 bits per heavy atom. The van der Waals surface area contributed by atoms with E-state index in [0.717, 1.165) is 19.1 Å². The minimum atomic E-state index is -3.16. The summed E-state index contributed by atoms with van der Waals surface area (Å²) in [6, 6.07) is 0. The normalized spacial score (nSPS) is 17.7. The third kappa shape index (κ3) is 6.35. The predicted octanol–water partition coefficient (Wildman–Crippen LogP) is 0.964. The number of nitrogens with zero attached hydrogens (tertiary/aromatic N) is 1. The van der Waals surface area contributed by atoms with Crippen LogP contribution in [0.3, 0.4) is 0 Å². The molecule has 0 aromatic rings. The lowest BCUT2D eigenvalue weighted by atomic mass is 9.87. The van der Waals surface area contributed by atoms with Gasteiger partial charge in [0.05, 0.1) is 6.26 Å². The minimum absolute atomic E-state index is 0.122. The van der Waals surface area contributed by atoms with Gasteiger partial charge in [-0.2, -0.15) is 0 Å². The van der Waals surface area contributed by atoms with Crippen molar-refractivity contribution < 1.29 is 13.2 Å². The van der Waals surface area contributed by atoms with Gasteiger partial charge in [0.15, 0.2) is 0 Å². The van der Waals surface area contributed by atoms with E-state index < -0.39 is 10.0 Å². The standard InChI is InChI=1S/C12H24N2O3S/c1-14(9-8-13-18(2,16)17)12(15)10-11-6-4-3-5-7-11/h11,13H,3-10H2,1-2H3. The first-order valence-electron chi connectivity index (χ1n) is 6.57. The van der Waals surface area contributed by atoms with E-state index in [1.807, 2.05) is 0 Å². The summed E-state index contributed by atoms with van der Waals surface area (Å²) in [4.78, 5) is 13.5. The molecule has 0 aromatic heterocycles. The van der Waals surface area contributed by atoms with Gasteiger partial charge in [-0.1, -0.05) is 19.3 Å². The van der Waals surface area contributed by atoms with E-state index in [9.17, 15) is 13.2 Å². The Labute approximate surface area is 110 Å². The van der Waals surface area contributed by atoms with Crippen LogP contribution < -0.4 is 4.72 Å². The van der Waals surface area contributed by atoms with Crippen molar-refractivity contribution in [2.24, 2.45) is 5.92 Å². The van der Waals surface area contributed by atoms with Crippen molar-refractivity contribution in [3.63, 3.8) is 0 Å². The number of likely N-dealkylation sites (N-methyl/N-ethyl adjacent to an activating group) is 1. The second-order valence-electron chi connectivity index (χ2n) is 5.19. The lowest BCUT2D eigenvalue weighted by Gasteiger charge is -2.24. The maximum atomic E-state index is 11.9. The van der Waals surface area contributed by atoms with Crippen molar-refractivity contribution in [2.45, 2.75) is 38.5 Å². The number of rotatable bonds is 6. The summed E-state index contributed by atoms with van der Waals surface area (Å²) >= 11 is 0. The number of nitrogens with one attached hydrogen (secondary N) is 1. The number of hydrogen-bond acceptors (Lipinski definition) is 3. The number of carbonyl (C=O) groups is 1. The largest absolute Gasteiger partial charge is 0.344 e. The van der Waals surface area contributed by atoms with Crippen LogP contribution in [0, 0.1) is 5.92 Å². The summed E-state index contributed by atoms with van der Waals surface area (Å²) in [5, 5.41) is 0. The molecule has 0 saturated heterocycles. The van der Waals surface area contributed by atoms with Crippen molar-refractivity contribution in [1.82, 2.24) is 9.62 Å². The molecule has 1 amide bonds. The first-order valence-corrected chi connectivity index (χ1v) is 8.46. The van der Waals surface area contributed by atoms with Crippen LogP contribution in [0.15, 0.2) is 0 Å². The predicted molar refractivity (Wildman–Crippen MR) is 71.7 cm³/mol. The van der Waals surface area contributed by atoms with Gasteiger partial charge in [-0.3, -0.25) is 4.79 Å². The van der Waals surface area contributed by atoms with Crippen molar-refractivity contribution >= 4 is 15.9 Å². The maximum absolute atomic E-state index is 11.9. The molecule has 0 heterocycles. The highest BCUT2D eigenvalue weighted by Gasteiger charge is 2.19. The van der Waals surface area contributed by atoms with Gasteiger partial charge < -0.3 is 4.90 Å². The molecule has 0 spiro atoms. The highest BCUT2D eigenvalue weighted by molar-refractivity contribution is 7.88. The average molecular weight is 276 g/mol. The Morgan fingerprint density at radius 1 is 1.28 bits per heavy atom.